The minimum absolute atomic E-state index is 0.324. The summed E-state index contributed by atoms with van der Waals surface area (Å²) in [6.07, 6.45) is 1.73. The van der Waals surface area contributed by atoms with Crippen LogP contribution >= 0.6 is 0 Å². The lowest BCUT2D eigenvalue weighted by atomic mass is 9.96. The quantitative estimate of drug-likeness (QED) is 0.217. The summed E-state index contributed by atoms with van der Waals surface area (Å²) in [5.74, 6) is 0.324. The standard InChI is InChI=1S/C23H11NO2/c1-24-23-10-16-9-14-3-5-17-18(20(14)12-22(16)26-23)4-2-13-8-15-6-7-25-21(15)11-19(13)17/h2-12H. The summed E-state index contributed by atoms with van der Waals surface area (Å²) in [4.78, 5) is 3.40. The molecule has 0 aliphatic heterocycles. The highest BCUT2D eigenvalue weighted by Gasteiger charge is 2.10. The highest BCUT2D eigenvalue weighted by molar-refractivity contribution is 6.20. The second-order valence-electron chi connectivity index (χ2n) is 6.57. The Hall–Kier alpha value is -3.77. The first-order chi connectivity index (χ1) is 12.8. The van der Waals surface area contributed by atoms with Gasteiger partial charge in [-0.2, -0.15) is 4.85 Å². The predicted octanol–water partition coefficient (Wildman–Crippen LogP) is 7.19. The number of fused-ring (bicyclic) bond motifs is 7. The van der Waals surface area contributed by atoms with Crippen LogP contribution in [0.1, 0.15) is 0 Å². The van der Waals surface area contributed by atoms with E-state index in [9.17, 15) is 0 Å². The van der Waals surface area contributed by atoms with Crippen molar-refractivity contribution in [3.63, 3.8) is 0 Å². The maximum absolute atomic E-state index is 7.15. The molecule has 26 heavy (non-hydrogen) atoms. The van der Waals surface area contributed by atoms with Crippen molar-refractivity contribution in [2.45, 2.75) is 0 Å². The average molecular weight is 333 g/mol. The maximum Gasteiger partial charge on any atom is 0.346 e. The molecule has 120 valence electrons. The Morgan fingerprint density at radius 1 is 0.615 bits per heavy atom. The van der Waals surface area contributed by atoms with E-state index >= 15 is 0 Å². The van der Waals surface area contributed by atoms with Crippen molar-refractivity contribution < 1.29 is 8.83 Å². The minimum atomic E-state index is 0.324. The SMILES string of the molecule is [C-]#[N+]c1cc2cc3ccc4c5cc6occc6cc5ccc4c3cc2o1. The summed E-state index contributed by atoms with van der Waals surface area (Å²) in [6, 6.07) is 20.8. The van der Waals surface area contributed by atoms with Gasteiger partial charge in [0.2, 0.25) is 0 Å². The second-order valence-corrected chi connectivity index (χ2v) is 6.57. The molecule has 2 heterocycles. The van der Waals surface area contributed by atoms with Crippen LogP contribution in [0.15, 0.2) is 75.8 Å². The number of furan rings is 2. The van der Waals surface area contributed by atoms with Gasteiger partial charge in [0, 0.05) is 10.8 Å². The molecule has 0 aliphatic rings. The van der Waals surface area contributed by atoms with E-state index in [1.807, 2.05) is 12.1 Å². The highest BCUT2D eigenvalue weighted by atomic mass is 16.3. The first kappa shape index (κ1) is 13.5. The van der Waals surface area contributed by atoms with Gasteiger partial charge < -0.3 is 8.83 Å². The Morgan fingerprint density at radius 2 is 1.31 bits per heavy atom. The Morgan fingerprint density at radius 3 is 2.04 bits per heavy atom. The zero-order chi connectivity index (χ0) is 17.3. The summed E-state index contributed by atoms with van der Waals surface area (Å²) in [7, 11) is 0. The lowest BCUT2D eigenvalue weighted by Gasteiger charge is -2.08. The molecule has 6 rings (SSSR count). The molecule has 3 heteroatoms. The van der Waals surface area contributed by atoms with Gasteiger partial charge in [0.25, 0.3) is 0 Å². The fraction of sp³-hybridized carbons (Fsp3) is 0. The van der Waals surface area contributed by atoms with Gasteiger partial charge in [-0.05, 0) is 68.7 Å². The van der Waals surface area contributed by atoms with Gasteiger partial charge in [0.15, 0.2) is 0 Å². The molecule has 0 aliphatic carbocycles. The average Bonchev–Trinajstić information content (AvgIpc) is 3.29. The highest BCUT2D eigenvalue weighted by Crippen LogP contribution is 2.36. The molecule has 0 N–H and O–H groups in total. The Labute approximate surface area is 147 Å². The van der Waals surface area contributed by atoms with Gasteiger partial charge in [-0.3, -0.25) is 0 Å². The molecular weight excluding hydrogens is 322 g/mol. The van der Waals surface area contributed by atoms with Crippen LogP contribution in [0.4, 0.5) is 5.88 Å². The summed E-state index contributed by atoms with van der Waals surface area (Å²) in [5, 5.41) is 9.06. The van der Waals surface area contributed by atoms with E-state index in [1.54, 1.807) is 12.3 Å². The van der Waals surface area contributed by atoms with E-state index in [4.69, 9.17) is 15.4 Å². The van der Waals surface area contributed by atoms with Crippen LogP contribution in [0.3, 0.4) is 0 Å². The van der Waals surface area contributed by atoms with Gasteiger partial charge in [-0.1, -0.05) is 24.3 Å². The molecule has 4 aromatic carbocycles. The summed E-state index contributed by atoms with van der Waals surface area (Å²) >= 11 is 0. The van der Waals surface area contributed by atoms with E-state index in [0.29, 0.717) is 5.88 Å². The van der Waals surface area contributed by atoms with Crippen molar-refractivity contribution in [2.75, 3.05) is 0 Å². The Bertz CT molecular complexity index is 1540. The first-order valence-corrected chi connectivity index (χ1v) is 8.38. The number of nitrogens with zero attached hydrogens (tertiary/aromatic N) is 1. The molecule has 0 unspecified atom stereocenters. The lowest BCUT2D eigenvalue weighted by molar-refractivity contribution is 0.616. The Kier molecular flexibility index (Phi) is 2.42. The van der Waals surface area contributed by atoms with Crippen LogP contribution in [0.2, 0.25) is 0 Å². The largest absolute Gasteiger partial charge is 0.480 e. The van der Waals surface area contributed by atoms with Crippen molar-refractivity contribution in [3.8, 4) is 0 Å². The molecule has 6 aromatic rings. The van der Waals surface area contributed by atoms with Crippen molar-refractivity contribution in [1.82, 2.24) is 0 Å². The van der Waals surface area contributed by atoms with Crippen LogP contribution < -0.4 is 0 Å². The van der Waals surface area contributed by atoms with Gasteiger partial charge in [-0.25, -0.2) is 0 Å². The van der Waals surface area contributed by atoms with Crippen LogP contribution in [-0.4, -0.2) is 0 Å². The predicted molar refractivity (Wildman–Crippen MR) is 105 cm³/mol. The van der Waals surface area contributed by atoms with E-state index < -0.39 is 0 Å². The van der Waals surface area contributed by atoms with Gasteiger partial charge in [-0.15, -0.1) is 0 Å². The summed E-state index contributed by atoms with van der Waals surface area (Å²) in [5.41, 5.74) is 1.64. The van der Waals surface area contributed by atoms with Gasteiger partial charge >= 0.3 is 5.88 Å². The van der Waals surface area contributed by atoms with Crippen molar-refractivity contribution >= 4 is 60.1 Å². The van der Waals surface area contributed by atoms with E-state index in [0.717, 1.165) is 32.7 Å². The molecule has 0 fully saturated rings. The van der Waals surface area contributed by atoms with Gasteiger partial charge in [0.05, 0.1) is 12.8 Å². The van der Waals surface area contributed by atoms with E-state index in [2.05, 4.69) is 47.3 Å². The Balaban J connectivity index is 1.78. The van der Waals surface area contributed by atoms with Gasteiger partial charge in [0.1, 0.15) is 11.2 Å². The minimum Gasteiger partial charge on any atom is -0.480 e. The number of hydrogen-bond donors (Lipinski definition) is 0. The molecule has 0 bridgehead atoms. The molecule has 2 aromatic heterocycles. The molecule has 0 atom stereocenters. The first-order valence-electron chi connectivity index (χ1n) is 8.38. The zero-order valence-electron chi connectivity index (χ0n) is 13.6. The fourth-order valence-corrected chi connectivity index (χ4v) is 3.91. The monoisotopic (exact) mass is 333 g/mol. The van der Waals surface area contributed by atoms with E-state index in [1.165, 1.54) is 21.5 Å². The van der Waals surface area contributed by atoms with E-state index in [-0.39, 0.29) is 0 Å². The molecule has 3 nitrogen and oxygen atoms in total. The van der Waals surface area contributed by atoms with Crippen LogP contribution in [0.25, 0.3) is 59.1 Å². The van der Waals surface area contributed by atoms with Crippen LogP contribution in [-0.2, 0) is 0 Å². The molecular formula is C23H11NO2. The third-order valence-corrected chi connectivity index (χ3v) is 5.14. The third kappa shape index (κ3) is 1.71. The van der Waals surface area contributed by atoms with Crippen molar-refractivity contribution in [1.29, 1.82) is 0 Å². The topological polar surface area (TPSA) is 30.6 Å². The number of rotatable bonds is 0. The van der Waals surface area contributed by atoms with Crippen molar-refractivity contribution in [3.05, 3.63) is 78.3 Å². The molecule has 0 amide bonds. The summed E-state index contributed by atoms with van der Waals surface area (Å²) in [6.45, 7) is 7.15. The number of hydrogen-bond acceptors (Lipinski definition) is 2. The molecule has 0 saturated carbocycles. The van der Waals surface area contributed by atoms with Crippen LogP contribution in [0.5, 0.6) is 0 Å². The number of benzene rings is 4. The normalized spacial score (nSPS) is 11.8. The van der Waals surface area contributed by atoms with Crippen molar-refractivity contribution in [2.24, 2.45) is 0 Å². The molecule has 0 spiro atoms. The molecule has 0 saturated heterocycles. The third-order valence-electron chi connectivity index (χ3n) is 5.14. The maximum atomic E-state index is 7.15. The summed E-state index contributed by atoms with van der Waals surface area (Å²) < 4.78 is 11.2. The lowest BCUT2D eigenvalue weighted by Crippen LogP contribution is -1.81. The fourth-order valence-electron chi connectivity index (χ4n) is 3.91. The second kappa shape index (κ2) is 4.65. The molecule has 0 radical (unpaired) electrons. The zero-order valence-corrected chi connectivity index (χ0v) is 13.6. The van der Waals surface area contributed by atoms with Crippen LogP contribution in [0, 0.1) is 6.57 Å². The smallest absolute Gasteiger partial charge is 0.346 e.